The van der Waals surface area contributed by atoms with Crippen LogP contribution in [0.4, 0.5) is 0 Å². The summed E-state index contributed by atoms with van der Waals surface area (Å²) in [6.07, 6.45) is 7.18. The van der Waals surface area contributed by atoms with Crippen LogP contribution in [0.2, 0.25) is 0 Å². The van der Waals surface area contributed by atoms with Crippen molar-refractivity contribution in [2.45, 2.75) is 38.7 Å². The average Bonchev–Trinajstić information content (AvgIpc) is 2.01. The number of aliphatic hydroxyl groups is 1. The van der Waals surface area contributed by atoms with Crippen LogP contribution in [-0.2, 0) is 4.79 Å². The number of rotatable bonds is 6. The number of hydrogen-bond acceptors (Lipinski definition) is 2. The number of allylic oxidation sites excluding steroid dienone is 1. The highest BCUT2D eigenvalue weighted by Crippen LogP contribution is 1.98. The number of aldehydes is 1. The van der Waals surface area contributed by atoms with E-state index >= 15 is 0 Å². The van der Waals surface area contributed by atoms with Gasteiger partial charge in [-0.1, -0.05) is 25.5 Å². The van der Waals surface area contributed by atoms with Crippen LogP contribution >= 0.6 is 0 Å². The fourth-order valence-corrected chi connectivity index (χ4v) is 0.755. The van der Waals surface area contributed by atoms with Crippen LogP contribution in [0, 0.1) is 0 Å². The van der Waals surface area contributed by atoms with Gasteiger partial charge >= 0.3 is 0 Å². The quantitative estimate of drug-likeness (QED) is 0.469. The van der Waals surface area contributed by atoms with E-state index in [-0.39, 0.29) is 0 Å². The van der Waals surface area contributed by atoms with E-state index in [9.17, 15) is 4.79 Å². The molecule has 0 aliphatic heterocycles. The molecule has 2 heteroatoms. The van der Waals surface area contributed by atoms with Crippen molar-refractivity contribution in [2.75, 3.05) is 0 Å². The molecule has 0 aliphatic carbocycles. The monoisotopic (exact) mass is 156 g/mol. The lowest BCUT2D eigenvalue weighted by molar-refractivity contribution is -0.108. The predicted octanol–water partition coefficient (Wildman–Crippen LogP) is 1.68. The summed E-state index contributed by atoms with van der Waals surface area (Å²) in [5, 5.41) is 9.16. The molecule has 1 atom stereocenters. The largest absolute Gasteiger partial charge is 0.389 e. The van der Waals surface area contributed by atoms with E-state index in [0.717, 1.165) is 19.1 Å². The van der Waals surface area contributed by atoms with Crippen molar-refractivity contribution < 1.29 is 9.90 Å². The summed E-state index contributed by atoms with van der Waals surface area (Å²) in [6, 6.07) is 0. The van der Waals surface area contributed by atoms with Gasteiger partial charge in [-0.2, -0.15) is 0 Å². The van der Waals surface area contributed by atoms with Crippen molar-refractivity contribution in [2.24, 2.45) is 0 Å². The van der Waals surface area contributed by atoms with Crippen molar-refractivity contribution in [3.05, 3.63) is 12.2 Å². The molecule has 0 bridgehead atoms. The molecule has 0 aliphatic rings. The minimum absolute atomic E-state index is 0.438. The number of hydrogen-bond donors (Lipinski definition) is 1. The number of aliphatic hydroxyl groups excluding tert-OH is 1. The third kappa shape index (κ3) is 7.26. The standard InChI is InChI=1S/C9H16O2/c1-2-3-4-6-9(11)7-5-8-10/h4,6,8-9,11H,2-3,5,7H2,1H3/b6-4+. The molecule has 0 fully saturated rings. The SMILES string of the molecule is CCC/C=C/C(O)CCC=O. The fourth-order valence-electron chi connectivity index (χ4n) is 0.755. The lowest BCUT2D eigenvalue weighted by Crippen LogP contribution is -2.01. The Morgan fingerprint density at radius 2 is 2.18 bits per heavy atom. The van der Waals surface area contributed by atoms with Gasteiger partial charge < -0.3 is 9.90 Å². The lowest BCUT2D eigenvalue weighted by Gasteiger charge is -2.00. The van der Waals surface area contributed by atoms with Gasteiger partial charge in [-0.05, 0) is 12.8 Å². The Balaban J connectivity index is 3.33. The van der Waals surface area contributed by atoms with Crippen molar-refractivity contribution >= 4 is 6.29 Å². The highest BCUT2D eigenvalue weighted by atomic mass is 16.3. The van der Waals surface area contributed by atoms with Crippen LogP contribution < -0.4 is 0 Å². The van der Waals surface area contributed by atoms with Crippen LogP contribution in [-0.4, -0.2) is 17.5 Å². The summed E-state index contributed by atoms with van der Waals surface area (Å²) in [6.45, 7) is 2.09. The smallest absolute Gasteiger partial charge is 0.120 e. The summed E-state index contributed by atoms with van der Waals surface area (Å²) in [5.74, 6) is 0. The van der Waals surface area contributed by atoms with Crippen molar-refractivity contribution in [1.29, 1.82) is 0 Å². The first-order valence-corrected chi connectivity index (χ1v) is 4.09. The Labute approximate surface area is 67.9 Å². The summed E-state index contributed by atoms with van der Waals surface area (Å²) in [7, 11) is 0. The molecule has 0 aromatic carbocycles. The minimum Gasteiger partial charge on any atom is -0.389 e. The second kappa shape index (κ2) is 7.48. The highest BCUT2D eigenvalue weighted by molar-refractivity contribution is 5.49. The first-order chi connectivity index (χ1) is 5.31. The second-order valence-corrected chi connectivity index (χ2v) is 2.53. The first kappa shape index (κ1) is 10.4. The van der Waals surface area contributed by atoms with Crippen molar-refractivity contribution in [3.8, 4) is 0 Å². The maximum Gasteiger partial charge on any atom is 0.120 e. The van der Waals surface area contributed by atoms with E-state index < -0.39 is 6.10 Å². The highest BCUT2D eigenvalue weighted by Gasteiger charge is 1.95. The van der Waals surface area contributed by atoms with E-state index in [0.29, 0.717) is 12.8 Å². The average molecular weight is 156 g/mol. The van der Waals surface area contributed by atoms with Crippen molar-refractivity contribution in [3.63, 3.8) is 0 Å². The Kier molecular flexibility index (Phi) is 7.05. The maximum absolute atomic E-state index is 9.90. The van der Waals surface area contributed by atoms with Gasteiger partial charge in [0.25, 0.3) is 0 Å². The Bertz CT molecular complexity index is 119. The fraction of sp³-hybridized carbons (Fsp3) is 0.667. The van der Waals surface area contributed by atoms with E-state index in [1.54, 1.807) is 6.08 Å². The molecule has 1 unspecified atom stereocenters. The third-order valence-electron chi connectivity index (χ3n) is 1.39. The summed E-state index contributed by atoms with van der Waals surface area (Å²) in [5.41, 5.74) is 0. The molecule has 0 saturated heterocycles. The molecule has 0 rings (SSSR count). The second-order valence-electron chi connectivity index (χ2n) is 2.53. The van der Waals surface area contributed by atoms with Gasteiger partial charge in [-0.25, -0.2) is 0 Å². The molecule has 0 aromatic heterocycles. The van der Waals surface area contributed by atoms with E-state index in [1.807, 2.05) is 6.08 Å². The molecular formula is C9H16O2. The normalized spacial score (nSPS) is 13.6. The number of carbonyl (C=O) groups excluding carboxylic acids is 1. The predicted molar refractivity (Wildman–Crippen MR) is 45.4 cm³/mol. The van der Waals surface area contributed by atoms with Gasteiger partial charge in [-0.15, -0.1) is 0 Å². The van der Waals surface area contributed by atoms with Gasteiger partial charge in [0.1, 0.15) is 6.29 Å². The molecule has 0 saturated carbocycles. The van der Waals surface area contributed by atoms with Gasteiger partial charge in [0, 0.05) is 6.42 Å². The maximum atomic E-state index is 9.90. The molecule has 0 amide bonds. The zero-order valence-electron chi connectivity index (χ0n) is 6.99. The minimum atomic E-state index is -0.438. The molecule has 0 heterocycles. The zero-order valence-corrected chi connectivity index (χ0v) is 6.99. The third-order valence-corrected chi connectivity index (χ3v) is 1.39. The van der Waals surface area contributed by atoms with E-state index in [1.165, 1.54) is 0 Å². The van der Waals surface area contributed by atoms with E-state index in [4.69, 9.17) is 5.11 Å². The van der Waals surface area contributed by atoms with Gasteiger partial charge in [0.15, 0.2) is 0 Å². The lowest BCUT2D eigenvalue weighted by atomic mass is 10.2. The van der Waals surface area contributed by atoms with Crippen LogP contribution in [0.1, 0.15) is 32.6 Å². The molecule has 0 aromatic rings. The van der Waals surface area contributed by atoms with Crippen LogP contribution in [0.25, 0.3) is 0 Å². The molecule has 0 radical (unpaired) electrons. The van der Waals surface area contributed by atoms with Crippen LogP contribution in [0.5, 0.6) is 0 Å². The molecule has 0 spiro atoms. The Hall–Kier alpha value is -0.630. The first-order valence-electron chi connectivity index (χ1n) is 4.09. The number of carbonyl (C=O) groups is 1. The molecule has 1 N–H and O–H groups in total. The zero-order chi connectivity index (χ0) is 8.53. The molecular weight excluding hydrogens is 140 g/mol. The van der Waals surface area contributed by atoms with Gasteiger partial charge in [0.05, 0.1) is 6.10 Å². The Morgan fingerprint density at radius 1 is 1.45 bits per heavy atom. The topological polar surface area (TPSA) is 37.3 Å². The van der Waals surface area contributed by atoms with Crippen molar-refractivity contribution in [1.82, 2.24) is 0 Å². The van der Waals surface area contributed by atoms with Crippen LogP contribution in [0.3, 0.4) is 0 Å². The van der Waals surface area contributed by atoms with Gasteiger partial charge in [0.2, 0.25) is 0 Å². The van der Waals surface area contributed by atoms with Crippen LogP contribution in [0.15, 0.2) is 12.2 Å². The molecule has 2 nitrogen and oxygen atoms in total. The Morgan fingerprint density at radius 3 is 2.73 bits per heavy atom. The molecule has 64 valence electrons. The summed E-state index contributed by atoms with van der Waals surface area (Å²) < 4.78 is 0. The molecule has 11 heavy (non-hydrogen) atoms. The summed E-state index contributed by atoms with van der Waals surface area (Å²) >= 11 is 0. The van der Waals surface area contributed by atoms with Gasteiger partial charge in [-0.3, -0.25) is 0 Å². The van der Waals surface area contributed by atoms with E-state index in [2.05, 4.69) is 6.92 Å². The summed E-state index contributed by atoms with van der Waals surface area (Å²) in [4.78, 5) is 9.90. The number of unbranched alkanes of at least 4 members (excludes halogenated alkanes) is 1.